The van der Waals surface area contributed by atoms with Crippen LogP contribution in [0, 0.1) is 0 Å². The van der Waals surface area contributed by atoms with E-state index in [1.807, 2.05) is 30.3 Å². The molecule has 0 bridgehead atoms. The summed E-state index contributed by atoms with van der Waals surface area (Å²) in [7, 11) is 0. The number of aliphatic imine (C=N–C) groups is 1. The smallest absolute Gasteiger partial charge is 0.176 e. The maximum atomic E-state index is 4.74. The molecule has 4 rings (SSSR count). The zero-order valence-electron chi connectivity index (χ0n) is 15.1. The molecule has 0 spiro atoms. The fourth-order valence-corrected chi connectivity index (χ4v) is 4.08. The summed E-state index contributed by atoms with van der Waals surface area (Å²) in [4.78, 5) is 4.74. The van der Waals surface area contributed by atoms with Gasteiger partial charge >= 0.3 is 0 Å². The van der Waals surface area contributed by atoms with Gasteiger partial charge in [-0.05, 0) is 35.1 Å². The molecule has 4 nitrogen and oxygen atoms in total. The quantitative estimate of drug-likeness (QED) is 0.638. The summed E-state index contributed by atoms with van der Waals surface area (Å²) in [6.45, 7) is 4.20. The second-order valence-electron chi connectivity index (χ2n) is 6.61. The van der Waals surface area contributed by atoms with Crippen molar-refractivity contribution in [3.8, 4) is 0 Å². The molecule has 134 valence electrons. The molecule has 2 aromatic rings. The number of para-hydroxylation sites is 1. The van der Waals surface area contributed by atoms with Gasteiger partial charge in [-0.2, -0.15) is 5.01 Å². The van der Waals surface area contributed by atoms with E-state index in [-0.39, 0.29) is 6.17 Å². The van der Waals surface area contributed by atoms with Crippen molar-refractivity contribution < 1.29 is 0 Å². The Hall–Kier alpha value is -2.08. The van der Waals surface area contributed by atoms with Gasteiger partial charge in [0.2, 0.25) is 0 Å². The number of nitrogens with zero attached hydrogens (tertiary/aromatic N) is 2. The summed E-state index contributed by atoms with van der Waals surface area (Å²) in [5, 5.41) is 6.82. The maximum absolute atomic E-state index is 4.74. The molecule has 0 aromatic heterocycles. The standard InChI is InChI=1S/C21H24N4S/c1-15-18-11-7-6-8-16(18)14-19(15)20-22-12-13-25(20)24-21(26-2)23-17-9-4-3-5-10-17/h3-11,14-15,20,22H,12-13H2,1-2H3,(H,23,24). The van der Waals surface area contributed by atoms with Crippen molar-refractivity contribution in [3.63, 3.8) is 0 Å². The van der Waals surface area contributed by atoms with Gasteiger partial charge in [0, 0.05) is 19.0 Å². The monoisotopic (exact) mass is 364 g/mol. The maximum Gasteiger partial charge on any atom is 0.176 e. The zero-order valence-corrected chi connectivity index (χ0v) is 16.0. The molecule has 2 atom stereocenters. The van der Waals surface area contributed by atoms with E-state index in [0.717, 1.165) is 23.9 Å². The molecule has 1 heterocycles. The Balaban J connectivity index is 1.53. The van der Waals surface area contributed by atoms with Crippen molar-refractivity contribution in [2.75, 3.05) is 19.3 Å². The molecule has 0 saturated carbocycles. The van der Waals surface area contributed by atoms with Crippen molar-refractivity contribution in [2.24, 2.45) is 4.99 Å². The van der Waals surface area contributed by atoms with Crippen LogP contribution < -0.4 is 10.7 Å². The van der Waals surface area contributed by atoms with Crippen LogP contribution in [0.15, 0.2) is 65.2 Å². The third-order valence-electron chi connectivity index (χ3n) is 5.02. The van der Waals surface area contributed by atoms with Gasteiger partial charge in [-0.15, -0.1) is 0 Å². The van der Waals surface area contributed by atoms with Gasteiger partial charge in [0.1, 0.15) is 6.17 Å². The number of nitrogens with one attached hydrogen (secondary N) is 2. The predicted octanol–water partition coefficient (Wildman–Crippen LogP) is 3.97. The fourth-order valence-electron chi connectivity index (χ4n) is 3.67. The van der Waals surface area contributed by atoms with E-state index in [9.17, 15) is 0 Å². The number of hydrogen-bond acceptors (Lipinski definition) is 4. The van der Waals surface area contributed by atoms with Crippen LogP contribution in [0.1, 0.15) is 24.0 Å². The Morgan fingerprint density at radius 3 is 2.69 bits per heavy atom. The highest BCUT2D eigenvalue weighted by molar-refractivity contribution is 8.13. The van der Waals surface area contributed by atoms with Crippen LogP contribution in [0.25, 0.3) is 6.08 Å². The predicted molar refractivity (Wildman–Crippen MR) is 112 cm³/mol. The lowest BCUT2D eigenvalue weighted by Crippen LogP contribution is -2.48. The molecular formula is C21H24N4S. The van der Waals surface area contributed by atoms with E-state index >= 15 is 0 Å². The lowest BCUT2D eigenvalue weighted by molar-refractivity contribution is 0.230. The first-order chi connectivity index (χ1) is 12.8. The Kier molecular flexibility index (Phi) is 5.11. The number of thioether (sulfide) groups is 1. The minimum Gasteiger partial charge on any atom is -0.296 e. The first kappa shape index (κ1) is 17.3. The first-order valence-electron chi connectivity index (χ1n) is 9.01. The second kappa shape index (κ2) is 7.66. The van der Waals surface area contributed by atoms with E-state index in [4.69, 9.17) is 4.99 Å². The lowest BCUT2D eigenvalue weighted by Gasteiger charge is -2.28. The third-order valence-corrected chi connectivity index (χ3v) is 5.59. The van der Waals surface area contributed by atoms with Crippen molar-refractivity contribution in [1.29, 1.82) is 0 Å². The minimum absolute atomic E-state index is 0.186. The van der Waals surface area contributed by atoms with Crippen molar-refractivity contribution >= 4 is 28.7 Å². The Morgan fingerprint density at radius 1 is 1.15 bits per heavy atom. The molecule has 26 heavy (non-hydrogen) atoms. The summed E-state index contributed by atoms with van der Waals surface area (Å²) < 4.78 is 0. The number of hydrogen-bond donors (Lipinski definition) is 2. The van der Waals surface area contributed by atoms with Gasteiger partial charge in [0.15, 0.2) is 5.17 Å². The van der Waals surface area contributed by atoms with Crippen LogP contribution in [-0.2, 0) is 0 Å². The third kappa shape index (κ3) is 3.43. The average molecular weight is 365 g/mol. The van der Waals surface area contributed by atoms with Crippen LogP contribution in [0.5, 0.6) is 0 Å². The van der Waals surface area contributed by atoms with Crippen molar-refractivity contribution in [1.82, 2.24) is 15.8 Å². The number of fused-ring (bicyclic) bond motifs is 1. The van der Waals surface area contributed by atoms with Gasteiger partial charge < -0.3 is 0 Å². The van der Waals surface area contributed by atoms with Gasteiger partial charge in [-0.1, -0.05) is 67.2 Å². The fraction of sp³-hybridized carbons (Fsp3) is 0.286. The molecule has 2 unspecified atom stereocenters. The number of benzene rings is 2. The number of hydrazine groups is 1. The van der Waals surface area contributed by atoms with E-state index in [1.165, 1.54) is 16.7 Å². The van der Waals surface area contributed by atoms with E-state index < -0.39 is 0 Å². The normalized spacial score (nSPS) is 23.0. The molecule has 2 N–H and O–H groups in total. The summed E-state index contributed by atoms with van der Waals surface area (Å²) in [5.41, 5.74) is 8.67. The van der Waals surface area contributed by atoms with Crippen molar-refractivity contribution in [3.05, 3.63) is 71.3 Å². The molecule has 1 aliphatic heterocycles. The largest absolute Gasteiger partial charge is 0.296 e. The average Bonchev–Trinajstić information content (AvgIpc) is 3.26. The zero-order chi connectivity index (χ0) is 17.9. The SMILES string of the molecule is CSC(=Nc1ccccc1)NN1CCNC1C1=Cc2ccccc2C1C. The van der Waals surface area contributed by atoms with E-state index in [1.54, 1.807) is 11.8 Å². The van der Waals surface area contributed by atoms with Gasteiger partial charge in [-0.25, -0.2) is 4.99 Å². The molecule has 2 aromatic carbocycles. The molecule has 2 aliphatic rings. The summed E-state index contributed by atoms with van der Waals surface area (Å²) >= 11 is 1.63. The molecule has 5 heteroatoms. The van der Waals surface area contributed by atoms with Gasteiger partial charge in [0.05, 0.1) is 5.69 Å². The summed E-state index contributed by atoms with van der Waals surface area (Å²) in [5.74, 6) is 0.426. The molecule has 0 amide bonds. The Labute approximate surface area is 159 Å². The molecule has 0 radical (unpaired) electrons. The summed E-state index contributed by atoms with van der Waals surface area (Å²) in [6.07, 6.45) is 4.58. The van der Waals surface area contributed by atoms with Crippen molar-refractivity contribution in [2.45, 2.75) is 19.0 Å². The Morgan fingerprint density at radius 2 is 1.92 bits per heavy atom. The highest BCUT2D eigenvalue weighted by Gasteiger charge is 2.34. The number of rotatable bonds is 3. The van der Waals surface area contributed by atoms with Crippen LogP contribution in [0.3, 0.4) is 0 Å². The minimum atomic E-state index is 0.186. The second-order valence-corrected chi connectivity index (χ2v) is 7.41. The summed E-state index contributed by atoms with van der Waals surface area (Å²) in [6, 6.07) is 18.8. The topological polar surface area (TPSA) is 39.7 Å². The highest BCUT2D eigenvalue weighted by atomic mass is 32.2. The first-order valence-corrected chi connectivity index (χ1v) is 10.2. The van der Waals surface area contributed by atoms with E-state index in [2.05, 4.69) is 59.3 Å². The molecule has 1 saturated heterocycles. The van der Waals surface area contributed by atoms with Crippen LogP contribution in [-0.4, -0.2) is 35.7 Å². The molecular weight excluding hydrogens is 340 g/mol. The highest BCUT2D eigenvalue weighted by Crippen LogP contribution is 2.38. The van der Waals surface area contributed by atoms with Crippen LogP contribution in [0.2, 0.25) is 0 Å². The van der Waals surface area contributed by atoms with Crippen LogP contribution in [0.4, 0.5) is 5.69 Å². The number of amidine groups is 1. The molecule has 1 fully saturated rings. The van der Waals surface area contributed by atoms with Gasteiger partial charge in [0.25, 0.3) is 0 Å². The molecule has 1 aliphatic carbocycles. The van der Waals surface area contributed by atoms with Crippen LogP contribution >= 0.6 is 11.8 Å². The Bertz CT molecular complexity index is 831. The lowest BCUT2D eigenvalue weighted by atomic mass is 9.96. The van der Waals surface area contributed by atoms with Gasteiger partial charge in [-0.3, -0.25) is 10.7 Å². The van der Waals surface area contributed by atoms with E-state index in [0.29, 0.717) is 5.92 Å².